The number of benzene rings is 1. The topological polar surface area (TPSA) is 118 Å². The molecule has 0 aliphatic carbocycles. The number of nitrogens with one attached hydrogen (secondary N) is 3. The van der Waals surface area contributed by atoms with Crippen LogP contribution >= 0.6 is 0 Å². The average Bonchev–Trinajstić information content (AvgIpc) is 2.86. The second kappa shape index (κ2) is 10.8. The number of hydrogen-bond acceptors (Lipinski definition) is 5. The lowest BCUT2D eigenvalue weighted by atomic mass is 9.98. The Kier molecular flexibility index (Phi) is 7.47. The molecule has 0 atom stereocenters. The molecule has 9 nitrogen and oxygen atoms in total. The zero-order valence-electron chi connectivity index (χ0n) is 21.1. The summed E-state index contributed by atoms with van der Waals surface area (Å²) in [6, 6.07) is 11.4. The fourth-order valence-electron chi connectivity index (χ4n) is 3.85. The Morgan fingerprint density at radius 1 is 0.872 bits per heavy atom. The van der Waals surface area contributed by atoms with E-state index in [4.69, 9.17) is 0 Å². The molecule has 0 saturated carbocycles. The van der Waals surface area contributed by atoms with Gasteiger partial charge in [0.1, 0.15) is 11.5 Å². The van der Waals surface area contributed by atoms with Crippen LogP contribution in [0.4, 0.5) is 35.2 Å². The number of amides is 3. The number of pyridine rings is 3. The molecule has 3 heterocycles. The first-order chi connectivity index (χ1) is 18.4. The molecule has 1 aromatic carbocycles. The van der Waals surface area contributed by atoms with Crippen molar-refractivity contribution < 1.29 is 22.8 Å². The number of alkyl halides is 3. The van der Waals surface area contributed by atoms with E-state index in [-0.39, 0.29) is 17.2 Å². The van der Waals surface area contributed by atoms with Crippen LogP contribution in [-0.2, 0) is 18.0 Å². The van der Waals surface area contributed by atoms with Crippen LogP contribution in [0.3, 0.4) is 0 Å². The predicted octanol–water partition coefficient (Wildman–Crippen LogP) is 5.44. The van der Waals surface area contributed by atoms with Gasteiger partial charge in [-0.15, -0.1) is 0 Å². The van der Waals surface area contributed by atoms with Gasteiger partial charge in [-0.2, -0.15) is 13.2 Å². The maximum absolute atomic E-state index is 13.0. The van der Waals surface area contributed by atoms with Crippen LogP contribution in [0.1, 0.15) is 18.2 Å². The number of urea groups is 1. The van der Waals surface area contributed by atoms with Gasteiger partial charge in [0.05, 0.1) is 11.9 Å². The fourth-order valence-corrected chi connectivity index (χ4v) is 3.85. The Labute approximate surface area is 220 Å². The number of halogens is 3. The number of hydrogen-bond donors (Lipinski definition) is 3. The molecule has 4 aromatic rings. The third-order valence-electron chi connectivity index (χ3n) is 5.68. The summed E-state index contributed by atoms with van der Waals surface area (Å²) in [5, 5.41) is 7.70. The minimum Gasteiger partial charge on any atom is -0.317 e. The van der Waals surface area contributed by atoms with Gasteiger partial charge in [-0.25, -0.2) is 14.8 Å². The molecule has 0 aliphatic heterocycles. The normalized spacial score (nSPS) is 11.1. The highest BCUT2D eigenvalue weighted by Crippen LogP contribution is 2.30. The quantitative estimate of drug-likeness (QED) is 0.314. The molecular weight excluding hydrogens is 513 g/mol. The Bertz CT molecular complexity index is 1610. The Hall–Kier alpha value is -5.00. The zero-order chi connectivity index (χ0) is 28.3. The van der Waals surface area contributed by atoms with Gasteiger partial charge >= 0.3 is 12.2 Å². The van der Waals surface area contributed by atoms with Crippen molar-refractivity contribution in [2.75, 3.05) is 16.0 Å². The van der Waals surface area contributed by atoms with E-state index in [1.807, 2.05) is 6.92 Å². The summed E-state index contributed by atoms with van der Waals surface area (Å²) in [5.74, 6) is 0.0176. The molecule has 3 amide bonds. The number of rotatable bonds is 5. The Morgan fingerprint density at radius 3 is 2.26 bits per heavy atom. The lowest BCUT2D eigenvalue weighted by Gasteiger charge is -2.14. The van der Waals surface area contributed by atoms with Crippen LogP contribution in [0.25, 0.3) is 22.3 Å². The average molecular weight is 537 g/mol. The molecule has 3 aromatic heterocycles. The van der Waals surface area contributed by atoms with Crippen molar-refractivity contribution in [2.24, 2.45) is 7.05 Å². The van der Waals surface area contributed by atoms with E-state index in [1.54, 1.807) is 49.6 Å². The van der Waals surface area contributed by atoms with Gasteiger partial charge in [-0.1, -0.05) is 6.07 Å². The summed E-state index contributed by atoms with van der Waals surface area (Å²) in [6.45, 7) is 3.23. The van der Waals surface area contributed by atoms with E-state index in [9.17, 15) is 27.6 Å². The predicted molar refractivity (Wildman–Crippen MR) is 141 cm³/mol. The number of carbonyl (C=O) groups is 2. The number of nitrogens with zero attached hydrogens (tertiary/aromatic N) is 3. The summed E-state index contributed by atoms with van der Waals surface area (Å²) >= 11 is 0. The van der Waals surface area contributed by atoms with Gasteiger partial charge in [-0.05, 0) is 71.6 Å². The molecule has 0 fully saturated rings. The van der Waals surface area contributed by atoms with Crippen LogP contribution in [0.2, 0.25) is 0 Å². The standard InChI is InChI=1S/C27H23F3N6O3/c1-15-4-5-19(34-26(39)35-20-6-7-23(32-13-20)27(28,29)30)12-21(15)18-10-22(25(38)36(3)14-18)17-8-9-31-24(11-17)33-16(2)37/h4-14H,1-3H3,(H,31,33,37)(H2,34,35,39). The maximum atomic E-state index is 13.0. The molecule has 0 unspecified atom stereocenters. The van der Waals surface area contributed by atoms with Gasteiger partial charge in [0.2, 0.25) is 5.91 Å². The number of anilines is 3. The maximum Gasteiger partial charge on any atom is 0.433 e. The van der Waals surface area contributed by atoms with Crippen LogP contribution in [-0.4, -0.2) is 26.5 Å². The summed E-state index contributed by atoms with van der Waals surface area (Å²) in [5.41, 5.74) is 2.43. The smallest absolute Gasteiger partial charge is 0.317 e. The van der Waals surface area contributed by atoms with Gasteiger partial charge in [0, 0.05) is 37.6 Å². The van der Waals surface area contributed by atoms with Crippen LogP contribution in [0.15, 0.2) is 71.9 Å². The van der Waals surface area contributed by atoms with Gasteiger partial charge in [-0.3, -0.25) is 9.59 Å². The highest BCUT2D eigenvalue weighted by Gasteiger charge is 2.32. The van der Waals surface area contributed by atoms with Crippen molar-refractivity contribution in [2.45, 2.75) is 20.0 Å². The number of carbonyl (C=O) groups excluding carboxylic acids is 2. The van der Waals surface area contributed by atoms with E-state index in [1.165, 1.54) is 17.7 Å². The zero-order valence-corrected chi connectivity index (χ0v) is 21.1. The molecule has 0 bridgehead atoms. The molecule has 39 heavy (non-hydrogen) atoms. The van der Waals surface area contributed by atoms with Crippen molar-refractivity contribution in [3.05, 3.63) is 88.7 Å². The first-order valence-corrected chi connectivity index (χ1v) is 11.6. The molecular formula is C27H23F3N6O3. The van der Waals surface area contributed by atoms with E-state index in [2.05, 4.69) is 25.9 Å². The van der Waals surface area contributed by atoms with Crippen molar-refractivity contribution in [1.29, 1.82) is 0 Å². The highest BCUT2D eigenvalue weighted by molar-refractivity contribution is 6.00. The monoisotopic (exact) mass is 536 g/mol. The van der Waals surface area contributed by atoms with Gasteiger partial charge in [0.25, 0.3) is 5.56 Å². The SMILES string of the molecule is CC(=O)Nc1cc(-c2cc(-c3cc(NC(=O)Nc4ccc(C(F)(F)F)nc4)ccc3C)cn(C)c2=O)ccn1. The number of aromatic nitrogens is 3. The second-order valence-corrected chi connectivity index (χ2v) is 8.71. The molecule has 0 spiro atoms. The summed E-state index contributed by atoms with van der Waals surface area (Å²) in [6.07, 6.45) is -0.494. The van der Waals surface area contributed by atoms with Gasteiger partial charge < -0.3 is 20.5 Å². The van der Waals surface area contributed by atoms with Gasteiger partial charge in [0.15, 0.2) is 0 Å². The lowest BCUT2D eigenvalue weighted by Crippen LogP contribution is -2.20. The molecule has 0 aliphatic rings. The first-order valence-electron chi connectivity index (χ1n) is 11.6. The minimum atomic E-state index is -4.58. The largest absolute Gasteiger partial charge is 0.433 e. The third-order valence-corrected chi connectivity index (χ3v) is 5.68. The minimum absolute atomic E-state index is 0.0894. The molecule has 12 heteroatoms. The summed E-state index contributed by atoms with van der Waals surface area (Å²) < 4.78 is 39.6. The summed E-state index contributed by atoms with van der Waals surface area (Å²) in [7, 11) is 1.62. The Morgan fingerprint density at radius 2 is 1.59 bits per heavy atom. The van der Waals surface area contributed by atoms with E-state index in [0.29, 0.717) is 28.2 Å². The van der Waals surface area contributed by atoms with E-state index >= 15 is 0 Å². The van der Waals surface area contributed by atoms with Crippen LogP contribution < -0.4 is 21.5 Å². The molecule has 200 valence electrons. The van der Waals surface area contributed by atoms with Crippen molar-refractivity contribution in [3.63, 3.8) is 0 Å². The van der Waals surface area contributed by atoms with Crippen molar-refractivity contribution >= 4 is 29.1 Å². The van der Waals surface area contributed by atoms with Crippen LogP contribution in [0.5, 0.6) is 0 Å². The van der Waals surface area contributed by atoms with E-state index in [0.717, 1.165) is 29.5 Å². The highest BCUT2D eigenvalue weighted by atomic mass is 19.4. The summed E-state index contributed by atoms with van der Waals surface area (Å²) in [4.78, 5) is 44.3. The molecule has 4 rings (SSSR count). The third kappa shape index (κ3) is 6.47. The molecule has 3 N–H and O–H groups in total. The van der Waals surface area contributed by atoms with Crippen molar-refractivity contribution in [1.82, 2.24) is 14.5 Å². The molecule has 0 saturated heterocycles. The lowest BCUT2D eigenvalue weighted by molar-refractivity contribution is -0.141. The molecule has 0 radical (unpaired) electrons. The first kappa shape index (κ1) is 27.0. The Balaban J connectivity index is 1.60. The van der Waals surface area contributed by atoms with Crippen molar-refractivity contribution in [3.8, 4) is 22.3 Å². The van der Waals surface area contributed by atoms with Crippen LogP contribution in [0, 0.1) is 6.92 Å². The number of aryl methyl sites for hydroxylation is 2. The second-order valence-electron chi connectivity index (χ2n) is 8.71. The fraction of sp³-hybridized carbons (Fsp3) is 0.148. The van der Waals surface area contributed by atoms with E-state index < -0.39 is 17.9 Å².